The van der Waals surface area contributed by atoms with Gasteiger partial charge in [0.1, 0.15) is 5.82 Å². The van der Waals surface area contributed by atoms with Gasteiger partial charge in [0, 0.05) is 33.5 Å². The van der Waals surface area contributed by atoms with Gasteiger partial charge in [0.25, 0.3) is 0 Å². The third-order valence-electron chi connectivity index (χ3n) is 10.7. The van der Waals surface area contributed by atoms with Crippen LogP contribution in [0.15, 0.2) is 212 Å². The van der Waals surface area contributed by atoms with Crippen molar-refractivity contribution in [3.8, 4) is 39.1 Å². The highest BCUT2D eigenvalue weighted by molar-refractivity contribution is 6.10. The first kappa shape index (κ1) is 32.4. The van der Waals surface area contributed by atoms with Crippen LogP contribution in [-0.2, 0) is 0 Å². The van der Waals surface area contributed by atoms with Crippen LogP contribution in [0.5, 0.6) is 0 Å². The van der Waals surface area contributed by atoms with Gasteiger partial charge in [-0.25, -0.2) is 4.39 Å². The van der Waals surface area contributed by atoms with E-state index in [-0.39, 0.29) is 5.82 Å². The molecule has 55 heavy (non-hydrogen) atoms. The second kappa shape index (κ2) is 13.6. The first-order valence-electron chi connectivity index (χ1n) is 18.6. The summed E-state index contributed by atoms with van der Waals surface area (Å²) < 4.78 is 16.0. The van der Waals surface area contributed by atoms with Gasteiger partial charge in [-0.15, -0.1) is 0 Å². The van der Waals surface area contributed by atoms with Crippen molar-refractivity contribution in [3.63, 3.8) is 0 Å². The van der Waals surface area contributed by atoms with Gasteiger partial charge in [-0.2, -0.15) is 0 Å². The van der Waals surface area contributed by atoms with Crippen molar-refractivity contribution in [1.82, 2.24) is 4.57 Å². The molecule has 0 unspecified atom stereocenters. The molecule has 0 saturated carbocycles. The number of fused-ring (bicyclic) bond motifs is 4. The third kappa shape index (κ3) is 6.02. The molecule has 0 radical (unpaired) electrons. The van der Waals surface area contributed by atoms with E-state index in [0.29, 0.717) is 0 Å². The largest absolute Gasteiger partial charge is 0.311 e. The van der Waals surface area contributed by atoms with Crippen molar-refractivity contribution in [2.45, 2.75) is 0 Å². The summed E-state index contributed by atoms with van der Waals surface area (Å²) in [5.41, 5.74) is 13.3. The maximum Gasteiger partial charge on any atom is 0.123 e. The van der Waals surface area contributed by atoms with Gasteiger partial charge < -0.3 is 9.47 Å². The van der Waals surface area contributed by atoms with E-state index in [1.807, 2.05) is 12.1 Å². The van der Waals surface area contributed by atoms with Crippen LogP contribution in [-0.4, -0.2) is 4.57 Å². The lowest BCUT2D eigenvalue weighted by Gasteiger charge is -2.26. The van der Waals surface area contributed by atoms with Gasteiger partial charge >= 0.3 is 0 Å². The minimum absolute atomic E-state index is 0.236. The highest BCUT2D eigenvalue weighted by Crippen LogP contribution is 2.39. The number of benzene rings is 9. The zero-order valence-corrected chi connectivity index (χ0v) is 30.0. The molecule has 3 heteroatoms. The van der Waals surface area contributed by atoms with Gasteiger partial charge in [-0.05, 0) is 123 Å². The smallest absolute Gasteiger partial charge is 0.123 e. The number of anilines is 3. The minimum atomic E-state index is -0.236. The number of halogens is 1. The lowest BCUT2D eigenvalue weighted by Crippen LogP contribution is -2.09. The van der Waals surface area contributed by atoms with Crippen LogP contribution in [0.3, 0.4) is 0 Å². The van der Waals surface area contributed by atoms with Gasteiger partial charge in [-0.3, -0.25) is 0 Å². The molecule has 2 nitrogen and oxygen atoms in total. The van der Waals surface area contributed by atoms with E-state index < -0.39 is 0 Å². The molecule has 0 aliphatic carbocycles. The zero-order valence-electron chi connectivity index (χ0n) is 30.0. The zero-order chi connectivity index (χ0) is 36.7. The molecule has 1 heterocycles. The van der Waals surface area contributed by atoms with Crippen LogP contribution < -0.4 is 4.90 Å². The van der Waals surface area contributed by atoms with E-state index >= 15 is 0 Å². The van der Waals surface area contributed by atoms with Gasteiger partial charge in [-0.1, -0.05) is 133 Å². The molecule has 0 spiro atoms. The van der Waals surface area contributed by atoms with Crippen molar-refractivity contribution in [1.29, 1.82) is 0 Å². The Hall–Kier alpha value is -7.23. The molecule has 0 bridgehead atoms. The fourth-order valence-corrected chi connectivity index (χ4v) is 7.87. The fraction of sp³-hybridized carbons (Fsp3) is 0. The Kier molecular flexibility index (Phi) is 8.04. The molecule has 1 aromatic heterocycles. The minimum Gasteiger partial charge on any atom is -0.311 e. The molecule has 0 aliphatic heterocycles. The van der Waals surface area contributed by atoms with E-state index in [1.165, 1.54) is 55.8 Å². The quantitative estimate of drug-likeness (QED) is 0.160. The van der Waals surface area contributed by atoms with E-state index in [0.717, 1.165) is 45.0 Å². The van der Waals surface area contributed by atoms with E-state index in [2.05, 4.69) is 198 Å². The Bertz CT molecular complexity index is 2950. The first-order valence-corrected chi connectivity index (χ1v) is 18.6. The number of aromatic nitrogens is 1. The average Bonchev–Trinajstić information content (AvgIpc) is 3.59. The topological polar surface area (TPSA) is 8.17 Å². The Labute approximate surface area is 319 Å². The standard InChI is InChI=1S/C52H35FN2/c53-44-25-16-37(17-26-44)38-18-27-46(28-19-38)54(47-29-20-39(21-30-47)42-15-14-36-8-4-5-9-41(36)34-42)48-31-22-40(23-32-48)43-24-33-50-49-12-6-7-13-51(49)55(52(50)35-43)45-10-2-1-3-11-45/h1-35H. The molecule has 0 atom stereocenters. The molecule has 0 saturated heterocycles. The highest BCUT2D eigenvalue weighted by Gasteiger charge is 2.16. The van der Waals surface area contributed by atoms with Crippen LogP contribution in [0.1, 0.15) is 0 Å². The summed E-state index contributed by atoms with van der Waals surface area (Å²) in [6, 6.07) is 73.9. The number of rotatable bonds is 7. The van der Waals surface area contributed by atoms with Crippen LogP contribution in [0.4, 0.5) is 21.5 Å². The third-order valence-corrected chi connectivity index (χ3v) is 10.7. The number of hydrogen-bond acceptors (Lipinski definition) is 1. The molecular weight excluding hydrogens is 672 g/mol. The summed E-state index contributed by atoms with van der Waals surface area (Å²) in [6.07, 6.45) is 0. The van der Waals surface area contributed by atoms with Crippen molar-refractivity contribution in [2.75, 3.05) is 4.90 Å². The maximum absolute atomic E-state index is 13.7. The van der Waals surface area contributed by atoms with Gasteiger partial charge in [0.05, 0.1) is 11.0 Å². The number of para-hydroxylation sites is 2. The Balaban J connectivity index is 1.03. The van der Waals surface area contributed by atoms with Crippen LogP contribution in [0.2, 0.25) is 0 Å². The number of nitrogens with zero attached hydrogens (tertiary/aromatic N) is 2. The summed E-state index contributed by atoms with van der Waals surface area (Å²) in [5.74, 6) is -0.236. The van der Waals surface area contributed by atoms with Crippen LogP contribution in [0.25, 0.3) is 71.6 Å². The number of hydrogen-bond donors (Lipinski definition) is 0. The molecule has 0 aliphatic rings. The summed E-state index contributed by atoms with van der Waals surface area (Å²) in [6.45, 7) is 0. The molecule has 0 amide bonds. The molecule has 10 aromatic rings. The SMILES string of the molecule is Fc1ccc(-c2ccc(N(c3ccc(-c4ccc5ccccc5c4)cc3)c3ccc(-c4ccc5c6ccccc6n(-c6ccccc6)c5c4)cc3)cc2)cc1. The molecule has 260 valence electrons. The molecule has 10 rings (SSSR count). The normalized spacial score (nSPS) is 11.4. The van der Waals surface area contributed by atoms with Crippen molar-refractivity contribution in [2.24, 2.45) is 0 Å². The summed E-state index contributed by atoms with van der Waals surface area (Å²) in [4.78, 5) is 2.29. The summed E-state index contributed by atoms with van der Waals surface area (Å²) in [7, 11) is 0. The molecule has 0 N–H and O–H groups in total. The Morgan fingerprint density at radius 2 is 0.782 bits per heavy atom. The predicted octanol–water partition coefficient (Wildman–Crippen LogP) is 14.5. The predicted molar refractivity (Wildman–Crippen MR) is 229 cm³/mol. The summed E-state index contributed by atoms with van der Waals surface area (Å²) >= 11 is 0. The monoisotopic (exact) mass is 706 g/mol. The van der Waals surface area contributed by atoms with Crippen LogP contribution >= 0.6 is 0 Å². The Morgan fingerprint density at radius 3 is 1.42 bits per heavy atom. The van der Waals surface area contributed by atoms with E-state index in [1.54, 1.807) is 0 Å². The first-order chi connectivity index (χ1) is 27.2. The molecular formula is C52H35FN2. The van der Waals surface area contributed by atoms with Crippen molar-refractivity contribution >= 4 is 49.6 Å². The van der Waals surface area contributed by atoms with Crippen molar-refractivity contribution < 1.29 is 4.39 Å². The maximum atomic E-state index is 13.7. The van der Waals surface area contributed by atoms with Gasteiger partial charge in [0.15, 0.2) is 0 Å². The lowest BCUT2D eigenvalue weighted by molar-refractivity contribution is 0.628. The summed E-state index contributed by atoms with van der Waals surface area (Å²) in [5, 5.41) is 4.95. The highest BCUT2D eigenvalue weighted by atomic mass is 19.1. The van der Waals surface area contributed by atoms with E-state index in [9.17, 15) is 4.39 Å². The second-order valence-corrected chi connectivity index (χ2v) is 14.0. The molecule has 9 aromatic carbocycles. The second-order valence-electron chi connectivity index (χ2n) is 14.0. The van der Waals surface area contributed by atoms with Gasteiger partial charge in [0.2, 0.25) is 0 Å². The van der Waals surface area contributed by atoms with Crippen molar-refractivity contribution in [3.05, 3.63) is 218 Å². The van der Waals surface area contributed by atoms with Crippen LogP contribution in [0, 0.1) is 5.82 Å². The van der Waals surface area contributed by atoms with E-state index in [4.69, 9.17) is 0 Å². The average molecular weight is 707 g/mol. The Morgan fingerprint density at radius 1 is 0.327 bits per heavy atom. The lowest BCUT2D eigenvalue weighted by atomic mass is 10.0. The molecule has 0 fully saturated rings. The fourth-order valence-electron chi connectivity index (χ4n) is 7.87.